The second-order valence-corrected chi connectivity index (χ2v) is 5.51. The lowest BCUT2D eigenvalue weighted by atomic mass is 10.1. The van der Waals surface area contributed by atoms with E-state index in [1.54, 1.807) is 4.68 Å². The molecule has 0 bridgehead atoms. The van der Waals surface area contributed by atoms with Gasteiger partial charge in [0.25, 0.3) is 0 Å². The fraction of sp³-hybridized carbons (Fsp3) is 0.467. The second-order valence-electron chi connectivity index (χ2n) is 5.51. The molecule has 0 spiro atoms. The average Bonchev–Trinajstić information content (AvgIpc) is 2.91. The van der Waals surface area contributed by atoms with Crippen molar-refractivity contribution in [1.29, 1.82) is 0 Å². The summed E-state index contributed by atoms with van der Waals surface area (Å²) in [4.78, 5) is 2.33. The average molecular weight is 287 g/mol. The molecule has 1 atom stereocenters. The molecule has 2 N–H and O–H groups in total. The largest absolute Gasteiger partial charge is 0.487 e. The second kappa shape index (κ2) is 6.13. The summed E-state index contributed by atoms with van der Waals surface area (Å²) in [6, 6.07) is 8.44. The van der Waals surface area contributed by atoms with Crippen LogP contribution in [0, 0.1) is 0 Å². The summed E-state index contributed by atoms with van der Waals surface area (Å²) in [6.07, 6.45) is 4.13. The van der Waals surface area contributed by atoms with Crippen molar-refractivity contribution in [2.45, 2.75) is 25.5 Å². The van der Waals surface area contributed by atoms with Crippen LogP contribution in [0.5, 0.6) is 5.75 Å². The Morgan fingerprint density at radius 1 is 1.33 bits per heavy atom. The van der Waals surface area contributed by atoms with Gasteiger partial charge in [-0.15, -0.1) is 5.10 Å². The highest BCUT2D eigenvalue weighted by molar-refractivity contribution is 5.49. The minimum Gasteiger partial charge on any atom is -0.487 e. The number of hydrogen-bond donors (Lipinski definition) is 1. The molecule has 2 heterocycles. The lowest BCUT2D eigenvalue weighted by Gasteiger charge is -2.32. The van der Waals surface area contributed by atoms with Crippen molar-refractivity contribution < 1.29 is 4.74 Å². The number of ether oxygens (including phenoxy) is 1. The molecular formula is C15H21N5O. The van der Waals surface area contributed by atoms with Gasteiger partial charge < -0.3 is 15.4 Å². The maximum absolute atomic E-state index is 6.03. The molecular weight excluding hydrogens is 266 g/mol. The summed E-state index contributed by atoms with van der Waals surface area (Å²) in [6.45, 7) is 2.44. The molecule has 1 saturated heterocycles. The van der Waals surface area contributed by atoms with Gasteiger partial charge in [0.05, 0.1) is 6.20 Å². The van der Waals surface area contributed by atoms with Gasteiger partial charge in [-0.25, -0.2) is 0 Å². The lowest BCUT2D eigenvalue weighted by Crippen LogP contribution is -2.42. The first-order chi connectivity index (χ1) is 10.2. The first-order valence-electron chi connectivity index (χ1n) is 7.29. The Bertz CT molecular complexity index is 580. The van der Waals surface area contributed by atoms with Gasteiger partial charge in [-0.2, -0.15) is 0 Å². The van der Waals surface area contributed by atoms with Gasteiger partial charge in [-0.3, -0.25) is 4.68 Å². The van der Waals surface area contributed by atoms with Crippen molar-refractivity contribution >= 4 is 5.69 Å². The van der Waals surface area contributed by atoms with Crippen molar-refractivity contribution in [2.24, 2.45) is 12.8 Å². The van der Waals surface area contributed by atoms with Gasteiger partial charge in [0.1, 0.15) is 18.1 Å². The number of rotatable bonds is 4. The summed E-state index contributed by atoms with van der Waals surface area (Å²) in [5.41, 5.74) is 8.05. The van der Waals surface area contributed by atoms with Crippen LogP contribution in [0.25, 0.3) is 0 Å². The van der Waals surface area contributed by atoms with E-state index in [4.69, 9.17) is 10.5 Å². The molecule has 1 unspecified atom stereocenters. The van der Waals surface area contributed by atoms with E-state index in [-0.39, 0.29) is 6.04 Å². The third-order valence-corrected chi connectivity index (χ3v) is 3.70. The summed E-state index contributed by atoms with van der Waals surface area (Å²) >= 11 is 0. The van der Waals surface area contributed by atoms with Crippen LogP contribution in [-0.2, 0) is 13.7 Å². The number of piperidine rings is 1. The maximum Gasteiger partial charge on any atom is 0.134 e. The summed E-state index contributed by atoms with van der Waals surface area (Å²) in [7, 11) is 1.84. The Kier molecular flexibility index (Phi) is 4.06. The molecule has 0 saturated carbocycles. The van der Waals surface area contributed by atoms with E-state index < -0.39 is 0 Å². The van der Waals surface area contributed by atoms with Crippen LogP contribution < -0.4 is 15.4 Å². The molecule has 112 valence electrons. The van der Waals surface area contributed by atoms with Crippen LogP contribution in [-0.4, -0.2) is 34.1 Å². The molecule has 0 aliphatic carbocycles. The van der Waals surface area contributed by atoms with Gasteiger partial charge in [0, 0.05) is 31.9 Å². The third-order valence-electron chi connectivity index (χ3n) is 3.70. The molecule has 1 aliphatic heterocycles. The molecule has 21 heavy (non-hydrogen) atoms. The number of aromatic nitrogens is 3. The highest BCUT2D eigenvalue weighted by Gasteiger charge is 2.16. The van der Waals surface area contributed by atoms with Crippen LogP contribution in [0.2, 0.25) is 0 Å². The molecule has 0 amide bonds. The molecule has 2 aromatic rings. The maximum atomic E-state index is 6.03. The van der Waals surface area contributed by atoms with E-state index in [0.29, 0.717) is 6.61 Å². The minimum absolute atomic E-state index is 0.284. The van der Waals surface area contributed by atoms with E-state index in [0.717, 1.165) is 37.4 Å². The van der Waals surface area contributed by atoms with Crippen LogP contribution >= 0.6 is 0 Å². The van der Waals surface area contributed by atoms with E-state index >= 15 is 0 Å². The number of nitrogens with zero attached hydrogens (tertiary/aromatic N) is 4. The SMILES string of the molecule is Cn1cc(COc2ccc(N3CCCC(N)C3)cc2)nn1. The van der Waals surface area contributed by atoms with Crippen molar-refractivity contribution in [3.63, 3.8) is 0 Å². The fourth-order valence-electron chi connectivity index (χ4n) is 2.62. The van der Waals surface area contributed by atoms with Crippen molar-refractivity contribution in [3.8, 4) is 5.75 Å². The number of hydrogen-bond acceptors (Lipinski definition) is 5. The summed E-state index contributed by atoms with van der Waals surface area (Å²) < 4.78 is 7.38. The van der Waals surface area contributed by atoms with Gasteiger partial charge in [0.15, 0.2) is 0 Å². The van der Waals surface area contributed by atoms with Gasteiger partial charge in [-0.1, -0.05) is 5.21 Å². The topological polar surface area (TPSA) is 69.2 Å². The van der Waals surface area contributed by atoms with Crippen LogP contribution in [0.3, 0.4) is 0 Å². The molecule has 1 aromatic heterocycles. The molecule has 6 heteroatoms. The van der Waals surface area contributed by atoms with Crippen molar-refractivity contribution in [3.05, 3.63) is 36.2 Å². The van der Waals surface area contributed by atoms with Gasteiger partial charge >= 0.3 is 0 Å². The highest BCUT2D eigenvalue weighted by Crippen LogP contribution is 2.22. The number of nitrogens with two attached hydrogens (primary N) is 1. The smallest absolute Gasteiger partial charge is 0.134 e. The molecule has 6 nitrogen and oxygen atoms in total. The lowest BCUT2D eigenvalue weighted by molar-refractivity contribution is 0.301. The quantitative estimate of drug-likeness (QED) is 0.918. The zero-order chi connectivity index (χ0) is 14.7. The fourth-order valence-corrected chi connectivity index (χ4v) is 2.62. The number of aryl methyl sites for hydroxylation is 1. The predicted octanol–water partition coefficient (Wildman–Crippen LogP) is 1.32. The van der Waals surface area contributed by atoms with Gasteiger partial charge in [0.2, 0.25) is 0 Å². The van der Waals surface area contributed by atoms with Crippen LogP contribution in [0.1, 0.15) is 18.5 Å². The van der Waals surface area contributed by atoms with E-state index in [1.807, 2.05) is 25.4 Å². The predicted molar refractivity (Wildman–Crippen MR) is 81.2 cm³/mol. The normalized spacial score (nSPS) is 18.8. The molecule has 1 aromatic carbocycles. The Morgan fingerprint density at radius 3 is 2.81 bits per heavy atom. The molecule has 1 aliphatic rings. The third kappa shape index (κ3) is 3.52. The van der Waals surface area contributed by atoms with E-state index in [9.17, 15) is 0 Å². The Labute approximate surface area is 124 Å². The van der Waals surface area contributed by atoms with Gasteiger partial charge in [-0.05, 0) is 37.1 Å². The zero-order valence-electron chi connectivity index (χ0n) is 12.3. The molecule has 1 fully saturated rings. The first-order valence-corrected chi connectivity index (χ1v) is 7.29. The summed E-state index contributed by atoms with van der Waals surface area (Å²) in [5, 5.41) is 7.88. The Hall–Kier alpha value is -2.08. The molecule has 3 rings (SSSR count). The zero-order valence-corrected chi connectivity index (χ0v) is 12.3. The van der Waals surface area contributed by atoms with E-state index in [2.05, 4.69) is 27.3 Å². The Balaban J connectivity index is 1.58. The minimum atomic E-state index is 0.284. The Morgan fingerprint density at radius 2 is 2.14 bits per heavy atom. The first kappa shape index (κ1) is 13.9. The van der Waals surface area contributed by atoms with Crippen LogP contribution in [0.15, 0.2) is 30.5 Å². The van der Waals surface area contributed by atoms with Crippen LogP contribution in [0.4, 0.5) is 5.69 Å². The number of benzene rings is 1. The number of anilines is 1. The summed E-state index contributed by atoms with van der Waals surface area (Å²) in [5.74, 6) is 0.839. The van der Waals surface area contributed by atoms with Crippen molar-refractivity contribution in [1.82, 2.24) is 15.0 Å². The van der Waals surface area contributed by atoms with Crippen molar-refractivity contribution in [2.75, 3.05) is 18.0 Å². The molecule has 0 radical (unpaired) electrons. The van der Waals surface area contributed by atoms with E-state index in [1.165, 1.54) is 5.69 Å². The highest BCUT2D eigenvalue weighted by atomic mass is 16.5. The monoisotopic (exact) mass is 287 g/mol. The standard InChI is InChI=1S/C15H21N5O/c1-19-10-13(17-18-19)11-21-15-6-4-14(5-7-15)20-8-2-3-12(16)9-20/h4-7,10,12H,2-3,8-9,11,16H2,1H3.